The first-order valence-electron chi connectivity index (χ1n) is 9.60. The number of aromatic carboxylic acids is 1. The number of alkyl halides is 3. The van der Waals surface area contributed by atoms with Crippen molar-refractivity contribution >= 4 is 29.2 Å². The molecule has 5 nitrogen and oxygen atoms in total. The quantitative estimate of drug-likeness (QED) is 0.438. The van der Waals surface area contributed by atoms with Gasteiger partial charge in [-0.15, -0.1) is 0 Å². The van der Waals surface area contributed by atoms with Crippen molar-refractivity contribution in [3.8, 4) is 0 Å². The molecule has 1 aromatic heterocycles. The second-order valence-corrected chi connectivity index (χ2v) is 8.16. The largest absolute Gasteiger partial charge is 0.478 e. The highest BCUT2D eigenvalue weighted by atomic mass is 35.5. The predicted molar refractivity (Wildman–Crippen MR) is 116 cm³/mol. The Balaban J connectivity index is 1.87. The molecule has 0 aliphatic rings. The monoisotopic (exact) mass is 485 g/mol. The van der Waals surface area contributed by atoms with Crippen LogP contribution in [0.25, 0.3) is 0 Å². The molecular weight excluding hydrogens is 466 g/mol. The fourth-order valence-electron chi connectivity index (χ4n) is 3.44. The molecule has 3 aromatic rings. The van der Waals surface area contributed by atoms with Crippen LogP contribution in [0.2, 0.25) is 10.0 Å². The molecule has 1 heterocycles. The molecule has 10 heteroatoms. The van der Waals surface area contributed by atoms with Crippen molar-refractivity contribution in [2.75, 3.05) is 0 Å². The molecule has 1 atom stereocenters. The van der Waals surface area contributed by atoms with E-state index in [4.69, 9.17) is 28.3 Å². The minimum atomic E-state index is -4.58. The maximum Gasteiger partial charge on any atom is 0.433 e. The van der Waals surface area contributed by atoms with Gasteiger partial charge < -0.3 is 10.4 Å². The molecule has 0 aliphatic heterocycles. The third-order valence-corrected chi connectivity index (χ3v) is 5.83. The zero-order valence-corrected chi connectivity index (χ0v) is 18.7. The lowest BCUT2D eigenvalue weighted by atomic mass is 10.0. The number of hydrogen-bond acceptors (Lipinski definition) is 3. The summed E-state index contributed by atoms with van der Waals surface area (Å²) in [5.41, 5.74) is 1.06. The first-order chi connectivity index (χ1) is 15.0. The molecule has 0 saturated heterocycles. The third kappa shape index (κ3) is 5.43. The van der Waals surface area contributed by atoms with Gasteiger partial charge in [0, 0.05) is 31.6 Å². The number of nitrogens with one attached hydrogen (secondary N) is 1. The van der Waals surface area contributed by atoms with E-state index in [9.17, 15) is 18.0 Å². The number of rotatable bonds is 7. The van der Waals surface area contributed by atoms with Gasteiger partial charge in [-0.1, -0.05) is 41.4 Å². The van der Waals surface area contributed by atoms with Gasteiger partial charge in [-0.2, -0.15) is 18.3 Å². The van der Waals surface area contributed by atoms with Gasteiger partial charge in [-0.3, -0.25) is 4.68 Å². The van der Waals surface area contributed by atoms with Crippen molar-refractivity contribution in [2.45, 2.75) is 32.1 Å². The lowest BCUT2D eigenvalue weighted by Gasteiger charge is -2.17. The highest BCUT2D eigenvalue weighted by Crippen LogP contribution is 2.34. The molecule has 0 bridgehead atoms. The molecule has 0 amide bonds. The van der Waals surface area contributed by atoms with Crippen LogP contribution < -0.4 is 5.32 Å². The highest BCUT2D eigenvalue weighted by Gasteiger charge is 2.39. The number of halogens is 5. The lowest BCUT2D eigenvalue weighted by Crippen LogP contribution is -2.22. The number of carbonyl (C=O) groups is 1. The molecule has 2 N–H and O–H groups in total. The number of aryl methyl sites for hydroxylation is 1. The number of aromatic nitrogens is 2. The normalized spacial score (nSPS) is 12.7. The zero-order chi connectivity index (χ0) is 23.6. The molecular formula is C22H20Cl2F3N3O2. The molecule has 0 fully saturated rings. The van der Waals surface area contributed by atoms with E-state index in [1.54, 1.807) is 37.3 Å². The van der Waals surface area contributed by atoms with E-state index in [2.05, 4.69) is 10.4 Å². The van der Waals surface area contributed by atoms with Crippen molar-refractivity contribution in [1.82, 2.24) is 15.1 Å². The maximum atomic E-state index is 13.8. The Hall–Kier alpha value is -2.55. The van der Waals surface area contributed by atoms with Crippen LogP contribution in [0.5, 0.6) is 0 Å². The first kappa shape index (κ1) is 24.1. The van der Waals surface area contributed by atoms with E-state index >= 15 is 0 Å². The Morgan fingerprint density at radius 2 is 1.81 bits per heavy atom. The summed E-state index contributed by atoms with van der Waals surface area (Å²) in [6, 6.07) is 10.7. The molecule has 0 spiro atoms. The summed E-state index contributed by atoms with van der Waals surface area (Å²) in [4.78, 5) is 11.0. The van der Waals surface area contributed by atoms with Crippen LogP contribution in [0.15, 0.2) is 42.5 Å². The summed E-state index contributed by atoms with van der Waals surface area (Å²) < 4.78 is 42.1. The molecule has 3 rings (SSSR count). The molecule has 1 unspecified atom stereocenters. The Bertz CT molecular complexity index is 1130. The number of benzene rings is 2. The van der Waals surface area contributed by atoms with Crippen molar-refractivity contribution in [2.24, 2.45) is 7.05 Å². The summed E-state index contributed by atoms with van der Waals surface area (Å²) in [6.07, 6.45) is -4.43. The summed E-state index contributed by atoms with van der Waals surface area (Å²) in [5, 5.41) is 16.9. The Kier molecular flexibility index (Phi) is 7.17. The SMILES string of the molecule is CC(NCc1c(Cc2ccc(Cl)c(Cl)c2)nn(C)c1C(F)(F)F)c1ccc(C(=O)O)cc1. The summed E-state index contributed by atoms with van der Waals surface area (Å²) >= 11 is 12.0. The minimum Gasteiger partial charge on any atom is -0.478 e. The third-order valence-electron chi connectivity index (χ3n) is 5.10. The Morgan fingerprint density at radius 3 is 2.38 bits per heavy atom. The zero-order valence-electron chi connectivity index (χ0n) is 17.2. The van der Waals surface area contributed by atoms with E-state index in [0.717, 1.165) is 10.2 Å². The van der Waals surface area contributed by atoms with Crippen molar-refractivity contribution < 1.29 is 23.1 Å². The van der Waals surface area contributed by atoms with Crippen LogP contribution in [-0.2, 0) is 26.2 Å². The number of nitrogens with zero attached hydrogens (tertiary/aromatic N) is 2. The average molecular weight is 486 g/mol. The summed E-state index contributed by atoms with van der Waals surface area (Å²) in [6.45, 7) is 1.71. The van der Waals surface area contributed by atoms with E-state index in [1.807, 2.05) is 0 Å². The fourth-order valence-corrected chi connectivity index (χ4v) is 3.76. The van der Waals surface area contributed by atoms with Crippen LogP contribution in [0.3, 0.4) is 0 Å². The summed E-state index contributed by atoms with van der Waals surface area (Å²) in [5.74, 6) is -1.05. The Labute approximate surface area is 192 Å². The topological polar surface area (TPSA) is 67.2 Å². The van der Waals surface area contributed by atoms with E-state index < -0.39 is 17.8 Å². The van der Waals surface area contributed by atoms with Crippen LogP contribution in [0.4, 0.5) is 13.2 Å². The van der Waals surface area contributed by atoms with Gasteiger partial charge >= 0.3 is 12.1 Å². The highest BCUT2D eigenvalue weighted by molar-refractivity contribution is 6.42. The van der Waals surface area contributed by atoms with Gasteiger partial charge in [-0.25, -0.2) is 4.79 Å². The van der Waals surface area contributed by atoms with Gasteiger partial charge in [0.1, 0.15) is 5.69 Å². The number of hydrogen-bond donors (Lipinski definition) is 2. The second kappa shape index (κ2) is 9.52. The van der Waals surface area contributed by atoms with Gasteiger partial charge in [0.15, 0.2) is 0 Å². The van der Waals surface area contributed by atoms with E-state index in [1.165, 1.54) is 19.2 Å². The predicted octanol–water partition coefficient (Wildman–Crippen LogP) is 5.89. The number of carboxylic acid groups (broad SMARTS) is 1. The van der Waals surface area contributed by atoms with Crippen LogP contribution in [0.1, 0.15) is 51.4 Å². The van der Waals surface area contributed by atoms with E-state index in [-0.39, 0.29) is 35.8 Å². The van der Waals surface area contributed by atoms with Crippen LogP contribution >= 0.6 is 23.2 Å². The van der Waals surface area contributed by atoms with Crippen molar-refractivity contribution in [3.63, 3.8) is 0 Å². The standard InChI is InChI=1S/C22H20Cl2F3N3O2/c1-12(14-4-6-15(7-5-14)21(31)32)28-11-16-19(29-30(2)20(16)22(25,26)27)10-13-3-8-17(23)18(24)9-13/h3-9,12,28H,10-11H2,1-2H3,(H,31,32). The van der Waals surface area contributed by atoms with Gasteiger partial charge in [0.05, 0.1) is 21.3 Å². The molecule has 170 valence electrons. The Morgan fingerprint density at radius 1 is 1.16 bits per heavy atom. The molecule has 0 radical (unpaired) electrons. The summed E-state index contributed by atoms with van der Waals surface area (Å²) in [7, 11) is 1.26. The molecule has 2 aromatic carbocycles. The van der Waals surface area contributed by atoms with Gasteiger partial charge in [0.2, 0.25) is 0 Å². The van der Waals surface area contributed by atoms with Crippen LogP contribution in [0, 0.1) is 0 Å². The van der Waals surface area contributed by atoms with Crippen molar-refractivity contribution in [1.29, 1.82) is 0 Å². The van der Waals surface area contributed by atoms with Crippen molar-refractivity contribution in [3.05, 3.63) is 86.2 Å². The van der Waals surface area contributed by atoms with Gasteiger partial charge in [-0.05, 0) is 42.3 Å². The average Bonchev–Trinajstić information content (AvgIpc) is 3.04. The number of carboxylic acids is 1. The molecule has 0 aliphatic carbocycles. The van der Waals surface area contributed by atoms with E-state index in [0.29, 0.717) is 15.6 Å². The second-order valence-electron chi connectivity index (χ2n) is 7.35. The van der Waals surface area contributed by atoms with Gasteiger partial charge in [0.25, 0.3) is 0 Å². The first-order valence-corrected chi connectivity index (χ1v) is 10.4. The fraction of sp³-hybridized carbons (Fsp3) is 0.273. The lowest BCUT2D eigenvalue weighted by molar-refractivity contribution is -0.144. The maximum absolute atomic E-state index is 13.8. The minimum absolute atomic E-state index is 0.0417. The van der Waals surface area contributed by atoms with Crippen LogP contribution in [-0.4, -0.2) is 20.9 Å². The molecule has 32 heavy (non-hydrogen) atoms. The molecule has 0 saturated carbocycles. The smallest absolute Gasteiger partial charge is 0.433 e.